The van der Waals surface area contributed by atoms with E-state index in [1.807, 2.05) is 0 Å². The molecule has 1 aliphatic heterocycles. The number of benzene rings is 1. The van der Waals surface area contributed by atoms with Gasteiger partial charge in [0, 0.05) is 23.7 Å². The van der Waals surface area contributed by atoms with Crippen molar-refractivity contribution in [3.8, 4) is 0 Å². The van der Waals surface area contributed by atoms with Gasteiger partial charge in [-0.3, -0.25) is 0 Å². The number of carbonyl (C=O) groups is 1. The van der Waals surface area contributed by atoms with E-state index in [1.54, 1.807) is 24.3 Å². The summed E-state index contributed by atoms with van der Waals surface area (Å²) in [6, 6.07) is 6.48. The zero-order chi connectivity index (χ0) is 13.0. The summed E-state index contributed by atoms with van der Waals surface area (Å²) < 4.78 is 5.09. The van der Waals surface area contributed by atoms with Gasteiger partial charge in [-0.15, -0.1) is 0 Å². The van der Waals surface area contributed by atoms with Crippen LogP contribution in [0.15, 0.2) is 24.3 Å². The number of rotatable bonds is 3. The van der Waals surface area contributed by atoms with Crippen molar-refractivity contribution in [3.05, 3.63) is 29.3 Å². The highest BCUT2D eigenvalue weighted by Crippen LogP contribution is 2.17. The molecule has 1 saturated heterocycles. The molecule has 0 saturated carbocycles. The molecule has 98 valence electrons. The summed E-state index contributed by atoms with van der Waals surface area (Å²) in [4.78, 5) is 11.6. The van der Waals surface area contributed by atoms with Gasteiger partial charge in [-0.25, -0.2) is 4.79 Å². The minimum Gasteiger partial charge on any atom is -0.386 e. The maximum Gasteiger partial charge on any atom is 0.319 e. The van der Waals surface area contributed by atoms with Gasteiger partial charge in [0.05, 0.1) is 13.2 Å². The first-order valence-corrected chi connectivity index (χ1v) is 6.06. The maximum atomic E-state index is 11.6. The highest BCUT2D eigenvalue weighted by Gasteiger charge is 2.32. The summed E-state index contributed by atoms with van der Waals surface area (Å²) in [5, 5.41) is 15.8. The Labute approximate surface area is 110 Å². The fourth-order valence-electron chi connectivity index (χ4n) is 1.72. The van der Waals surface area contributed by atoms with Crippen molar-refractivity contribution >= 4 is 23.3 Å². The Morgan fingerprint density at radius 3 is 3.06 bits per heavy atom. The molecule has 0 aliphatic carbocycles. The molecule has 0 aromatic heterocycles. The Morgan fingerprint density at radius 1 is 1.56 bits per heavy atom. The van der Waals surface area contributed by atoms with Crippen molar-refractivity contribution in [1.82, 2.24) is 5.32 Å². The van der Waals surface area contributed by atoms with Crippen molar-refractivity contribution in [3.63, 3.8) is 0 Å². The zero-order valence-electron chi connectivity index (χ0n) is 9.78. The first kappa shape index (κ1) is 13.1. The molecule has 5 nitrogen and oxygen atoms in total. The van der Waals surface area contributed by atoms with Crippen LogP contribution in [0.2, 0.25) is 5.02 Å². The van der Waals surface area contributed by atoms with Crippen LogP contribution in [0.25, 0.3) is 0 Å². The van der Waals surface area contributed by atoms with Crippen molar-refractivity contribution in [2.75, 3.05) is 25.1 Å². The Hall–Kier alpha value is -1.30. The maximum absolute atomic E-state index is 11.6. The molecule has 3 N–H and O–H groups in total. The summed E-state index contributed by atoms with van der Waals surface area (Å²) in [5.74, 6) is 0. The second-order valence-corrected chi connectivity index (χ2v) is 4.78. The Bertz CT molecular complexity index is 433. The largest absolute Gasteiger partial charge is 0.386 e. The molecule has 6 heteroatoms. The van der Waals surface area contributed by atoms with Crippen LogP contribution < -0.4 is 10.6 Å². The number of anilines is 1. The van der Waals surface area contributed by atoms with Crippen LogP contribution in [-0.2, 0) is 4.74 Å². The lowest BCUT2D eigenvalue weighted by Gasteiger charge is -2.20. The predicted octanol–water partition coefficient (Wildman–Crippen LogP) is 1.61. The van der Waals surface area contributed by atoms with E-state index < -0.39 is 5.60 Å². The van der Waals surface area contributed by atoms with Crippen LogP contribution in [-0.4, -0.2) is 36.5 Å². The molecule has 18 heavy (non-hydrogen) atoms. The van der Waals surface area contributed by atoms with Crippen LogP contribution >= 0.6 is 11.6 Å². The molecular weight excluding hydrogens is 256 g/mol. The van der Waals surface area contributed by atoms with E-state index in [4.69, 9.17) is 16.3 Å². The lowest BCUT2D eigenvalue weighted by atomic mass is 10.0. The summed E-state index contributed by atoms with van der Waals surface area (Å²) >= 11 is 5.80. The fraction of sp³-hybridized carbons (Fsp3) is 0.417. The molecule has 2 amide bonds. The lowest BCUT2D eigenvalue weighted by molar-refractivity contribution is 0.0295. The quantitative estimate of drug-likeness (QED) is 0.782. The van der Waals surface area contributed by atoms with Crippen LogP contribution in [0.5, 0.6) is 0 Å². The molecule has 1 atom stereocenters. The van der Waals surface area contributed by atoms with Crippen LogP contribution in [0.1, 0.15) is 6.42 Å². The topological polar surface area (TPSA) is 70.6 Å². The van der Waals surface area contributed by atoms with Crippen LogP contribution in [0.3, 0.4) is 0 Å². The van der Waals surface area contributed by atoms with Crippen molar-refractivity contribution < 1.29 is 14.6 Å². The second kappa shape index (κ2) is 5.56. The molecule has 1 heterocycles. The van der Waals surface area contributed by atoms with Gasteiger partial charge in [-0.2, -0.15) is 0 Å². The van der Waals surface area contributed by atoms with E-state index in [9.17, 15) is 9.90 Å². The van der Waals surface area contributed by atoms with Gasteiger partial charge >= 0.3 is 6.03 Å². The normalized spacial score (nSPS) is 22.8. The molecule has 1 aromatic carbocycles. The third-order valence-electron chi connectivity index (χ3n) is 2.74. The van der Waals surface area contributed by atoms with Gasteiger partial charge < -0.3 is 20.5 Å². The molecular formula is C12H15ClN2O3. The Morgan fingerprint density at radius 2 is 2.39 bits per heavy atom. The first-order valence-electron chi connectivity index (χ1n) is 5.68. The van der Waals surface area contributed by atoms with E-state index in [0.717, 1.165) is 0 Å². The predicted molar refractivity (Wildman–Crippen MR) is 68.9 cm³/mol. The third-order valence-corrected chi connectivity index (χ3v) is 2.98. The van der Waals surface area contributed by atoms with E-state index in [0.29, 0.717) is 23.7 Å². The summed E-state index contributed by atoms with van der Waals surface area (Å²) in [5.41, 5.74) is -0.347. The van der Waals surface area contributed by atoms with Gasteiger partial charge in [0.15, 0.2) is 0 Å². The summed E-state index contributed by atoms with van der Waals surface area (Å²) in [6.45, 7) is 0.942. The van der Waals surface area contributed by atoms with Gasteiger partial charge in [0.25, 0.3) is 0 Å². The number of urea groups is 1. The number of hydrogen-bond donors (Lipinski definition) is 3. The monoisotopic (exact) mass is 270 g/mol. The number of hydrogen-bond acceptors (Lipinski definition) is 3. The van der Waals surface area contributed by atoms with Gasteiger partial charge in [0.2, 0.25) is 0 Å². The molecule has 0 bridgehead atoms. The average Bonchev–Trinajstić information content (AvgIpc) is 2.74. The number of aliphatic hydroxyl groups is 1. The molecule has 0 spiro atoms. The van der Waals surface area contributed by atoms with Crippen molar-refractivity contribution in [1.29, 1.82) is 0 Å². The third kappa shape index (κ3) is 3.60. The fourth-order valence-corrected chi connectivity index (χ4v) is 1.91. The highest BCUT2D eigenvalue weighted by atomic mass is 35.5. The minimum atomic E-state index is -0.953. The Balaban J connectivity index is 1.82. The van der Waals surface area contributed by atoms with E-state index in [2.05, 4.69) is 10.6 Å². The molecule has 1 aromatic rings. The highest BCUT2D eigenvalue weighted by molar-refractivity contribution is 6.30. The van der Waals surface area contributed by atoms with Gasteiger partial charge in [0.1, 0.15) is 5.60 Å². The molecule has 0 radical (unpaired) electrons. The minimum absolute atomic E-state index is 0.166. The Kier molecular flexibility index (Phi) is 4.06. The zero-order valence-corrected chi connectivity index (χ0v) is 10.5. The van der Waals surface area contributed by atoms with Gasteiger partial charge in [-0.1, -0.05) is 17.7 Å². The van der Waals surface area contributed by atoms with E-state index in [-0.39, 0.29) is 19.2 Å². The molecule has 1 aliphatic rings. The van der Waals surface area contributed by atoms with Crippen molar-refractivity contribution in [2.24, 2.45) is 0 Å². The van der Waals surface area contributed by atoms with Gasteiger partial charge in [-0.05, 0) is 18.2 Å². The number of ether oxygens (including phenoxy) is 1. The molecule has 1 fully saturated rings. The number of amides is 2. The average molecular weight is 271 g/mol. The summed E-state index contributed by atoms with van der Waals surface area (Å²) in [6.07, 6.45) is 0.532. The lowest BCUT2D eigenvalue weighted by Crippen LogP contribution is -2.44. The molecule has 2 rings (SSSR count). The smallest absolute Gasteiger partial charge is 0.319 e. The number of halogens is 1. The number of nitrogens with one attached hydrogen (secondary N) is 2. The van der Waals surface area contributed by atoms with Crippen molar-refractivity contribution in [2.45, 2.75) is 12.0 Å². The second-order valence-electron chi connectivity index (χ2n) is 4.34. The first-order chi connectivity index (χ1) is 8.57. The standard InChI is InChI=1S/C12H15ClN2O3/c13-9-2-1-3-10(6-9)15-11(16)14-7-12(17)4-5-18-8-12/h1-3,6,17H,4-5,7-8H2,(H2,14,15,16)/t12-/m1/s1. The number of carbonyl (C=O) groups excluding carboxylic acids is 1. The molecule has 0 unspecified atom stereocenters. The van der Waals surface area contributed by atoms with Crippen LogP contribution in [0, 0.1) is 0 Å². The van der Waals surface area contributed by atoms with E-state index in [1.165, 1.54) is 0 Å². The SMILES string of the molecule is O=C(NC[C@]1(O)CCOC1)Nc1cccc(Cl)c1. The van der Waals surface area contributed by atoms with Crippen LogP contribution in [0.4, 0.5) is 10.5 Å². The summed E-state index contributed by atoms with van der Waals surface area (Å²) in [7, 11) is 0. The van der Waals surface area contributed by atoms with E-state index >= 15 is 0 Å².